The molecule has 4 aromatic rings. The SMILES string of the molecule is CC1(C)CCc2c(-c3ccc(F)cc3F)cc(C(N)=O)nc2O1.CCOC(=O)c1cc(-c2ccc(F)cc2F)c2c(n1)OC(C)(C)CC2. The molecule has 0 radical (unpaired) electrons. The number of nitrogens with two attached hydrogens (primary N) is 1. The Morgan fingerprint density at radius 2 is 1.17 bits per heavy atom. The molecule has 12 heteroatoms. The Kier molecular flexibility index (Phi) is 9.48. The molecule has 252 valence electrons. The standard InChI is InChI=1S/C19H19F2NO3.C17H16F2N2O2/c1-4-24-18(23)16-10-14(12-6-5-11(20)9-15(12)21)13-7-8-19(2,3)25-17(13)22-16;1-17(2)6-5-11-12(10-4-3-9(18)7-13(10)19)8-14(15(20)22)21-16(11)23-17/h5-6,9-10H,4,7-8H2,1-3H3;3-4,7-8H,5-6H2,1-2H3,(H2,20,22). The van der Waals surface area contributed by atoms with Gasteiger partial charge in [-0.15, -0.1) is 0 Å². The highest BCUT2D eigenvalue weighted by molar-refractivity contribution is 5.93. The van der Waals surface area contributed by atoms with Crippen molar-refractivity contribution in [1.82, 2.24) is 9.97 Å². The summed E-state index contributed by atoms with van der Waals surface area (Å²) in [7, 11) is 0. The number of benzene rings is 2. The van der Waals surface area contributed by atoms with Gasteiger partial charge in [0, 0.05) is 34.4 Å². The molecule has 4 heterocycles. The van der Waals surface area contributed by atoms with E-state index in [0.717, 1.165) is 18.6 Å². The molecule has 2 aliphatic rings. The highest BCUT2D eigenvalue weighted by Crippen LogP contribution is 2.40. The first-order valence-electron chi connectivity index (χ1n) is 15.4. The predicted octanol–water partition coefficient (Wildman–Crippen LogP) is 7.54. The second-order valence-electron chi connectivity index (χ2n) is 12.7. The summed E-state index contributed by atoms with van der Waals surface area (Å²) in [4.78, 5) is 32.1. The first-order valence-corrected chi connectivity index (χ1v) is 15.4. The molecule has 6 rings (SSSR count). The van der Waals surface area contributed by atoms with Crippen LogP contribution in [0.2, 0.25) is 0 Å². The molecular formula is C36H35F4N3O5. The van der Waals surface area contributed by atoms with E-state index in [9.17, 15) is 27.2 Å². The van der Waals surface area contributed by atoms with Gasteiger partial charge in [-0.1, -0.05) is 0 Å². The Morgan fingerprint density at radius 1 is 0.729 bits per heavy atom. The van der Waals surface area contributed by atoms with Crippen LogP contribution in [0.4, 0.5) is 17.6 Å². The number of nitrogens with zero attached hydrogens (tertiary/aromatic N) is 2. The second kappa shape index (κ2) is 13.2. The smallest absolute Gasteiger partial charge is 0.357 e. The molecule has 0 saturated heterocycles. The molecule has 0 fully saturated rings. The van der Waals surface area contributed by atoms with Crippen molar-refractivity contribution in [2.45, 2.75) is 71.5 Å². The van der Waals surface area contributed by atoms with Crippen molar-refractivity contribution in [3.63, 3.8) is 0 Å². The van der Waals surface area contributed by atoms with E-state index in [2.05, 4.69) is 9.97 Å². The maximum atomic E-state index is 14.3. The van der Waals surface area contributed by atoms with Gasteiger partial charge in [0.25, 0.3) is 5.91 Å². The van der Waals surface area contributed by atoms with E-state index in [1.54, 1.807) is 6.92 Å². The Morgan fingerprint density at radius 3 is 1.58 bits per heavy atom. The average molecular weight is 666 g/mol. The molecule has 2 N–H and O–H groups in total. The van der Waals surface area contributed by atoms with Gasteiger partial charge in [-0.2, -0.15) is 0 Å². The van der Waals surface area contributed by atoms with Crippen molar-refractivity contribution in [2.75, 3.05) is 6.61 Å². The van der Waals surface area contributed by atoms with Gasteiger partial charge in [0.2, 0.25) is 11.8 Å². The van der Waals surface area contributed by atoms with E-state index in [0.29, 0.717) is 47.4 Å². The average Bonchev–Trinajstić information content (AvgIpc) is 2.99. The van der Waals surface area contributed by atoms with Crippen LogP contribution in [0.1, 0.15) is 79.6 Å². The number of carbonyl (C=O) groups is 2. The number of esters is 1. The number of halogens is 4. The van der Waals surface area contributed by atoms with Crippen LogP contribution in [-0.4, -0.2) is 39.7 Å². The molecule has 0 atom stereocenters. The number of fused-ring (bicyclic) bond motifs is 2. The number of pyridine rings is 2. The minimum absolute atomic E-state index is 0.0137. The Balaban J connectivity index is 0.000000188. The molecule has 0 saturated carbocycles. The molecule has 1 amide bonds. The monoisotopic (exact) mass is 665 g/mol. The number of amides is 1. The van der Waals surface area contributed by atoms with Crippen LogP contribution in [-0.2, 0) is 17.6 Å². The number of ether oxygens (including phenoxy) is 3. The van der Waals surface area contributed by atoms with E-state index in [4.69, 9.17) is 19.9 Å². The maximum absolute atomic E-state index is 14.3. The van der Waals surface area contributed by atoms with Crippen LogP contribution in [0.5, 0.6) is 11.8 Å². The zero-order valence-corrected chi connectivity index (χ0v) is 27.2. The van der Waals surface area contributed by atoms with Crippen LogP contribution in [0.3, 0.4) is 0 Å². The Labute approximate surface area is 275 Å². The van der Waals surface area contributed by atoms with E-state index in [-0.39, 0.29) is 35.0 Å². The summed E-state index contributed by atoms with van der Waals surface area (Å²) >= 11 is 0. The molecular weight excluding hydrogens is 630 g/mol. The number of hydrogen-bond acceptors (Lipinski definition) is 7. The fourth-order valence-corrected chi connectivity index (χ4v) is 5.56. The van der Waals surface area contributed by atoms with Crippen LogP contribution < -0.4 is 15.2 Å². The summed E-state index contributed by atoms with van der Waals surface area (Å²) in [5.74, 6) is -3.51. The van der Waals surface area contributed by atoms with Gasteiger partial charge < -0.3 is 19.9 Å². The molecule has 2 aliphatic heterocycles. The van der Waals surface area contributed by atoms with Gasteiger partial charge in [0.1, 0.15) is 40.2 Å². The zero-order valence-electron chi connectivity index (χ0n) is 27.2. The predicted molar refractivity (Wildman–Crippen MR) is 170 cm³/mol. The molecule has 0 bridgehead atoms. The second-order valence-corrected chi connectivity index (χ2v) is 12.7. The zero-order chi connectivity index (χ0) is 35.0. The molecule has 2 aromatic carbocycles. The summed E-state index contributed by atoms with van der Waals surface area (Å²) < 4.78 is 71.6. The van der Waals surface area contributed by atoms with Gasteiger partial charge in [-0.3, -0.25) is 4.79 Å². The summed E-state index contributed by atoms with van der Waals surface area (Å²) in [5.41, 5.74) is 7.19. The molecule has 0 spiro atoms. The van der Waals surface area contributed by atoms with Crippen molar-refractivity contribution in [3.05, 3.63) is 94.3 Å². The van der Waals surface area contributed by atoms with Gasteiger partial charge in [0.15, 0.2) is 5.69 Å². The lowest BCUT2D eigenvalue weighted by Gasteiger charge is -2.33. The Hall–Kier alpha value is -5.00. The largest absolute Gasteiger partial charge is 0.471 e. The van der Waals surface area contributed by atoms with Gasteiger partial charge >= 0.3 is 5.97 Å². The molecule has 48 heavy (non-hydrogen) atoms. The minimum Gasteiger partial charge on any atom is -0.471 e. The van der Waals surface area contributed by atoms with Crippen molar-refractivity contribution < 1.29 is 41.4 Å². The van der Waals surface area contributed by atoms with Gasteiger partial charge in [0.05, 0.1) is 6.61 Å². The summed E-state index contributed by atoms with van der Waals surface area (Å²) in [6, 6.07) is 9.58. The highest BCUT2D eigenvalue weighted by atomic mass is 19.1. The van der Waals surface area contributed by atoms with E-state index < -0.39 is 46.3 Å². The fourth-order valence-electron chi connectivity index (χ4n) is 5.56. The summed E-state index contributed by atoms with van der Waals surface area (Å²) in [6.45, 7) is 9.56. The quantitative estimate of drug-likeness (QED) is 0.173. The molecule has 8 nitrogen and oxygen atoms in total. The van der Waals surface area contributed by atoms with Gasteiger partial charge in [-0.05, 0) is 108 Å². The number of aromatic nitrogens is 2. The lowest BCUT2D eigenvalue weighted by molar-refractivity contribution is 0.0506. The third-order valence-electron chi connectivity index (χ3n) is 8.05. The third-order valence-corrected chi connectivity index (χ3v) is 8.05. The lowest BCUT2D eigenvalue weighted by atomic mass is 9.90. The highest BCUT2D eigenvalue weighted by Gasteiger charge is 2.33. The number of primary amides is 1. The Bertz CT molecular complexity index is 1910. The molecule has 2 aromatic heterocycles. The third kappa shape index (κ3) is 7.42. The first-order chi connectivity index (χ1) is 22.6. The van der Waals surface area contributed by atoms with E-state index >= 15 is 0 Å². The first kappa shape index (κ1) is 34.3. The van der Waals surface area contributed by atoms with Crippen molar-refractivity contribution in [1.29, 1.82) is 0 Å². The van der Waals surface area contributed by atoms with Crippen molar-refractivity contribution in [2.24, 2.45) is 5.73 Å². The lowest BCUT2D eigenvalue weighted by Crippen LogP contribution is -2.34. The van der Waals surface area contributed by atoms with Gasteiger partial charge in [-0.25, -0.2) is 32.3 Å². The molecule has 0 aliphatic carbocycles. The van der Waals surface area contributed by atoms with Crippen LogP contribution >= 0.6 is 0 Å². The minimum atomic E-state index is -0.733. The van der Waals surface area contributed by atoms with Crippen LogP contribution in [0, 0.1) is 23.3 Å². The van der Waals surface area contributed by atoms with E-state index in [1.165, 1.54) is 36.4 Å². The number of hydrogen-bond donors (Lipinski definition) is 1. The van der Waals surface area contributed by atoms with Crippen LogP contribution in [0.15, 0.2) is 48.5 Å². The van der Waals surface area contributed by atoms with Crippen LogP contribution in [0.25, 0.3) is 22.3 Å². The normalized spacial score (nSPS) is 15.4. The number of carbonyl (C=O) groups excluding carboxylic acids is 2. The topological polar surface area (TPSA) is 114 Å². The number of rotatable bonds is 5. The summed E-state index contributed by atoms with van der Waals surface area (Å²) in [6.07, 6.45) is 2.66. The van der Waals surface area contributed by atoms with E-state index in [1.807, 2.05) is 27.7 Å². The summed E-state index contributed by atoms with van der Waals surface area (Å²) in [5, 5.41) is 0. The fraction of sp³-hybridized carbons (Fsp3) is 0.333. The maximum Gasteiger partial charge on any atom is 0.357 e. The van der Waals surface area contributed by atoms with Crippen molar-refractivity contribution >= 4 is 11.9 Å². The molecule has 0 unspecified atom stereocenters. The van der Waals surface area contributed by atoms with Crippen molar-refractivity contribution in [3.8, 4) is 34.0 Å².